The van der Waals surface area contributed by atoms with Gasteiger partial charge in [-0.2, -0.15) is 4.31 Å². The summed E-state index contributed by atoms with van der Waals surface area (Å²) in [6.07, 6.45) is -0.350. The topological polar surface area (TPSA) is 95.9 Å². The molecule has 0 radical (unpaired) electrons. The second-order valence-electron chi connectivity index (χ2n) is 7.08. The van der Waals surface area contributed by atoms with Gasteiger partial charge in [0, 0.05) is 18.7 Å². The molecule has 2 aromatic rings. The summed E-state index contributed by atoms with van der Waals surface area (Å²) in [5.74, 6) is -0.458. The number of phenols is 1. The maximum Gasteiger partial charge on any atom is 0.255 e. The maximum absolute atomic E-state index is 12.9. The van der Waals surface area contributed by atoms with E-state index in [0.29, 0.717) is 24.3 Å². The van der Waals surface area contributed by atoms with Crippen molar-refractivity contribution in [3.05, 3.63) is 53.6 Å². The number of hydrogen-bond donors (Lipinski definition) is 2. The first-order chi connectivity index (χ1) is 13.2. The van der Waals surface area contributed by atoms with Crippen LogP contribution in [0.1, 0.15) is 29.8 Å². The first kappa shape index (κ1) is 20.3. The smallest absolute Gasteiger partial charge is 0.255 e. The number of anilines is 1. The zero-order valence-electron chi connectivity index (χ0n) is 16.0. The molecule has 3 rings (SSSR count). The molecular weight excluding hydrogens is 380 g/mol. The van der Waals surface area contributed by atoms with E-state index in [9.17, 15) is 18.3 Å². The minimum absolute atomic E-state index is 0.0249. The number of sulfonamides is 1. The zero-order chi connectivity index (χ0) is 20.5. The molecule has 0 saturated carbocycles. The summed E-state index contributed by atoms with van der Waals surface area (Å²) in [5, 5.41) is 12.5. The summed E-state index contributed by atoms with van der Waals surface area (Å²) >= 11 is 0. The number of morpholine rings is 1. The van der Waals surface area contributed by atoms with Crippen LogP contribution in [0, 0.1) is 6.92 Å². The number of phenolic OH excluding ortho intramolecular Hbond substituents is 1. The Morgan fingerprint density at radius 1 is 1.11 bits per heavy atom. The number of nitrogens with zero attached hydrogens (tertiary/aromatic N) is 1. The molecule has 8 heteroatoms. The Bertz CT molecular complexity index is 963. The average molecular weight is 404 g/mol. The van der Waals surface area contributed by atoms with Crippen molar-refractivity contribution in [2.24, 2.45) is 0 Å². The lowest BCUT2D eigenvalue weighted by atomic mass is 10.2. The Morgan fingerprint density at radius 3 is 2.29 bits per heavy atom. The van der Waals surface area contributed by atoms with Gasteiger partial charge >= 0.3 is 0 Å². The van der Waals surface area contributed by atoms with Crippen LogP contribution in [0.5, 0.6) is 5.75 Å². The number of carbonyl (C=O) groups excluding carboxylic acids is 1. The van der Waals surface area contributed by atoms with Crippen molar-refractivity contribution < 1.29 is 23.1 Å². The van der Waals surface area contributed by atoms with Gasteiger partial charge in [-0.05, 0) is 62.7 Å². The largest absolute Gasteiger partial charge is 0.506 e. The van der Waals surface area contributed by atoms with Crippen molar-refractivity contribution in [1.29, 1.82) is 0 Å². The summed E-state index contributed by atoms with van der Waals surface area (Å²) in [4.78, 5) is 12.5. The summed E-state index contributed by atoms with van der Waals surface area (Å²) < 4.78 is 32.7. The van der Waals surface area contributed by atoms with E-state index in [1.165, 1.54) is 28.6 Å². The number of hydrogen-bond acceptors (Lipinski definition) is 5. The highest BCUT2D eigenvalue weighted by molar-refractivity contribution is 7.89. The van der Waals surface area contributed by atoms with E-state index in [-0.39, 0.29) is 22.9 Å². The van der Waals surface area contributed by atoms with Gasteiger partial charge < -0.3 is 15.2 Å². The van der Waals surface area contributed by atoms with Crippen LogP contribution in [0.15, 0.2) is 47.4 Å². The number of benzene rings is 2. The highest BCUT2D eigenvalue weighted by atomic mass is 32.2. The zero-order valence-corrected chi connectivity index (χ0v) is 16.9. The molecule has 1 aliphatic heterocycles. The molecule has 0 spiro atoms. The number of nitrogens with one attached hydrogen (secondary N) is 1. The molecule has 0 unspecified atom stereocenters. The van der Waals surface area contributed by atoms with Crippen molar-refractivity contribution in [1.82, 2.24) is 4.31 Å². The van der Waals surface area contributed by atoms with Crippen LogP contribution in [0.2, 0.25) is 0 Å². The van der Waals surface area contributed by atoms with Crippen LogP contribution in [0.4, 0.5) is 5.69 Å². The molecule has 0 aliphatic carbocycles. The number of aromatic hydroxyl groups is 1. The second-order valence-corrected chi connectivity index (χ2v) is 9.02. The summed E-state index contributed by atoms with van der Waals surface area (Å²) in [7, 11) is -3.66. The number of carbonyl (C=O) groups is 1. The lowest BCUT2D eigenvalue weighted by Crippen LogP contribution is -2.48. The van der Waals surface area contributed by atoms with E-state index in [1.807, 2.05) is 20.8 Å². The number of amides is 1. The van der Waals surface area contributed by atoms with Crippen LogP contribution in [-0.2, 0) is 14.8 Å². The van der Waals surface area contributed by atoms with Crippen LogP contribution < -0.4 is 5.32 Å². The normalized spacial score (nSPS) is 20.7. The molecular formula is C20H24N2O5S. The SMILES string of the molecule is Cc1ccc(NC(=O)c2ccc(S(=O)(=O)N3C[C@@H](C)O[C@H](C)C3)cc2)c(O)c1. The third-order valence-corrected chi connectivity index (χ3v) is 6.39. The van der Waals surface area contributed by atoms with E-state index in [1.54, 1.807) is 18.2 Å². The van der Waals surface area contributed by atoms with Gasteiger partial charge in [-0.3, -0.25) is 4.79 Å². The Hall–Kier alpha value is -2.42. The lowest BCUT2D eigenvalue weighted by molar-refractivity contribution is -0.0440. The third kappa shape index (κ3) is 4.35. The fourth-order valence-corrected chi connectivity index (χ4v) is 4.79. The van der Waals surface area contributed by atoms with Gasteiger partial charge in [-0.1, -0.05) is 6.07 Å². The van der Waals surface area contributed by atoms with Crippen molar-refractivity contribution >= 4 is 21.6 Å². The van der Waals surface area contributed by atoms with Crippen LogP contribution in [0.25, 0.3) is 0 Å². The molecule has 7 nitrogen and oxygen atoms in total. The van der Waals surface area contributed by atoms with E-state index < -0.39 is 15.9 Å². The summed E-state index contributed by atoms with van der Waals surface area (Å²) in [6, 6.07) is 10.7. The molecule has 2 N–H and O–H groups in total. The van der Waals surface area contributed by atoms with Crippen molar-refractivity contribution in [3.8, 4) is 5.75 Å². The lowest BCUT2D eigenvalue weighted by Gasteiger charge is -2.34. The van der Waals surface area contributed by atoms with Gasteiger partial charge in [0.15, 0.2) is 0 Å². The predicted molar refractivity (Wildman–Crippen MR) is 106 cm³/mol. The van der Waals surface area contributed by atoms with Gasteiger partial charge in [0.05, 0.1) is 22.8 Å². The first-order valence-electron chi connectivity index (χ1n) is 9.03. The van der Waals surface area contributed by atoms with E-state index in [2.05, 4.69) is 5.32 Å². The Labute approximate surface area is 165 Å². The summed E-state index contributed by atoms with van der Waals surface area (Å²) in [5.41, 5.74) is 1.46. The minimum Gasteiger partial charge on any atom is -0.506 e. The maximum atomic E-state index is 12.9. The van der Waals surface area contributed by atoms with Crippen molar-refractivity contribution in [2.45, 2.75) is 37.9 Å². The number of ether oxygens (including phenoxy) is 1. The highest BCUT2D eigenvalue weighted by Crippen LogP contribution is 2.25. The van der Waals surface area contributed by atoms with Crippen molar-refractivity contribution in [3.63, 3.8) is 0 Å². The molecule has 0 bridgehead atoms. The van der Waals surface area contributed by atoms with Gasteiger partial charge in [-0.25, -0.2) is 8.42 Å². The molecule has 1 heterocycles. The van der Waals surface area contributed by atoms with Crippen molar-refractivity contribution in [2.75, 3.05) is 18.4 Å². The van der Waals surface area contributed by atoms with E-state index in [4.69, 9.17) is 4.74 Å². The van der Waals surface area contributed by atoms with Gasteiger partial charge in [0.25, 0.3) is 5.91 Å². The quantitative estimate of drug-likeness (QED) is 0.764. The summed E-state index contributed by atoms with van der Waals surface area (Å²) in [6.45, 7) is 6.10. The minimum atomic E-state index is -3.66. The Morgan fingerprint density at radius 2 is 1.71 bits per heavy atom. The first-order valence-corrected chi connectivity index (χ1v) is 10.5. The Balaban J connectivity index is 1.76. The molecule has 1 fully saturated rings. The molecule has 1 saturated heterocycles. The van der Waals surface area contributed by atoms with Gasteiger partial charge in [0.1, 0.15) is 5.75 Å². The highest BCUT2D eigenvalue weighted by Gasteiger charge is 2.32. The van der Waals surface area contributed by atoms with E-state index >= 15 is 0 Å². The molecule has 0 aromatic heterocycles. The molecule has 28 heavy (non-hydrogen) atoms. The van der Waals surface area contributed by atoms with E-state index in [0.717, 1.165) is 5.56 Å². The molecule has 2 atom stereocenters. The molecule has 1 aliphatic rings. The Kier molecular flexibility index (Phi) is 5.74. The van der Waals surface area contributed by atoms with Crippen LogP contribution >= 0.6 is 0 Å². The predicted octanol–water partition coefficient (Wildman–Crippen LogP) is 2.75. The fraction of sp³-hybridized carbons (Fsp3) is 0.350. The second kappa shape index (κ2) is 7.90. The third-order valence-electron chi connectivity index (χ3n) is 4.54. The number of rotatable bonds is 4. The molecule has 2 aromatic carbocycles. The standard InChI is InChI=1S/C20H24N2O5S/c1-13-4-9-18(19(23)10-13)21-20(24)16-5-7-17(8-6-16)28(25,26)22-11-14(2)27-15(3)12-22/h4-10,14-15,23H,11-12H2,1-3H3,(H,21,24)/t14-,15-/m1/s1. The van der Waals surface area contributed by atoms with Gasteiger partial charge in [0.2, 0.25) is 10.0 Å². The van der Waals surface area contributed by atoms with Crippen LogP contribution in [0.3, 0.4) is 0 Å². The molecule has 1 amide bonds. The van der Waals surface area contributed by atoms with Gasteiger partial charge in [-0.15, -0.1) is 0 Å². The van der Waals surface area contributed by atoms with Crippen LogP contribution in [-0.4, -0.2) is 49.0 Å². The average Bonchev–Trinajstić information content (AvgIpc) is 2.63. The monoisotopic (exact) mass is 404 g/mol. The fourth-order valence-electron chi connectivity index (χ4n) is 3.20. The molecule has 150 valence electrons. The number of aryl methyl sites for hydroxylation is 1.